The Morgan fingerprint density at radius 2 is 1.82 bits per heavy atom. The average Bonchev–Trinajstić information content (AvgIpc) is 2.75. The van der Waals surface area contributed by atoms with E-state index in [0.717, 1.165) is 26.3 Å². The summed E-state index contributed by atoms with van der Waals surface area (Å²) in [4.78, 5) is 0. The molecule has 5 heteroatoms. The van der Waals surface area contributed by atoms with Crippen LogP contribution in [-0.2, 0) is 7.05 Å². The van der Waals surface area contributed by atoms with Crippen molar-refractivity contribution >= 4 is 22.6 Å². The third-order valence-corrected chi connectivity index (χ3v) is 3.31. The van der Waals surface area contributed by atoms with E-state index in [-0.39, 0.29) is 0 Å². The highest BCUT2D eigenvalue weighted by molar-refractivity contribution is 14.1. The van der Waals surface area contributed by atoms with E-state index in [2.05, 4.69) is 27.7 Å². The number of aromatic nitrogens is 2. The lowest BCUT2D eigenvalue weighted by molar-refractivity contribution is 0.354. The third-order valence-electron chi connectivity index (χ3n) is 2.46. The molecule has 0 N–H and O–H groups in total. The zero-order valence-corrected chi connectivity index (χ0v) is 12.1. The molecule has 2 aromatic rings. The molecule has 1 heterocycles. The molecule has 0 saturated carbocycles. The van der Waals surface area contributed by atoms with Crippen LogP contribution >= 0.6 is 22.6 Å². The minimum absolute atomic E-state index is 0.720. The molecule has 0 atom stereocenters. The number of nitrogens with zero attached hydrogens (tertiary/aromatic N) is 2. The molecule has 0 bridgehead atoms. The molecule has 0 amide bonds. The van der Waals surface area contributed by atoms with Gasteiger partial charge in [0.05, 0.1) is 23.5 Å². The summed E-state index contributed by atoms with van der Waals surface area (Å²) < 4.78 is 13.6. The van der Waals surface area contributed by atoms with Gasteiger partial charge in [-0.1, -0.05) is 0 Å². The zero-order chi connectivity index (χ0) is 12.4. The Morgan fingerprint density at radius 3 is 2.35 bits per heavy atom. The second-order valence-corrected chi connectivity index (χ2v) is 4.70. The van der Waals surface area contributed by atoms with Crippen molar-refractivity contribution in [3.8, 4) is 22.8 Å². The molecule has 2 rings (SSSR count). The summed E-state index contributed by atoms with van der Waals surface area (Å²) in [6.07, 6.45) is 1.90. The summed E-state index contributed by atoms with van der Waals surface area (Å²) in [5.41, 5.74) is 1.81. The van der Waals surface area contributed by atoms with Crippen molar-refractivity contribution in [3.63, 3.8) is 0 Å². The van der Waals surface area contributed by atoms with Crippen molar-refractivity contribution in [3.05, 3.63) is 28.0 Å². The first kappa shape index (κ1) is 12.2. The van der Waals surface area contributed by atoms with Crippen LogP contribution in [0.2, 0.25) is 0 Å². The van der Waals surface area contributed by atoms with Crippen LogP contribution in [0.3, 0.4) is 0 Å². The topological polar surface area (TPSA) is 36.3 Å². The van der Waals surface area contributed by atoms with E-state index >= 15 is 0 Å². The maximum Gasteiger partial charge on any atom is 0.174 e. The second-order valence-electron chi connectivity index (χ2n) is 3.54. The van der Waals surface area contributed by atoms with Crippen molar-refractivity contribution in [2.75, 3.05) is 14.2 Å². The van der Waals surface area contributed by atoms with Crippen LogP contribution in [0, 0.1) is 3.57 Å². The van der Waals surface area contributed by atoms with Crippen molar-refractivity contribution < 1.29 is 9.47 Å². The second kappa shape index (κ2) is 4.95. The Bertz CT molecular complexity index is 537. The molecule has 1 aromatic carbocycles. The Balaban J connectivity index is 2.62. The Kier molecular flexibility index (Phi) is 3.56. The average molecular weight is 344 g/mol. The van der Waals surface area contributed by atoms with E-state index in [4.69, 9.17) is 9.47 Å². The predicted molar refractivity (Wildman–Crippen MR) is 74.5 cm³/mol. The molecule has 0 unspecified atom stereocenters. The molecule has 0 aliphatic carbocycles. The van der Waals surface area contributed by atoms with Gasteiger partial charge in [-0.3, -0.25) is 4.68 Å². The molecule has 17 heavy (non-hydrogen) atoms. The van der Waals surface area contributed by atoms with Gasteiger partial charge in [-0.15, -0.1) is 0 Å². The number of benzene rings is 1. The van der Waals surface area contributed by atoms with Gasteiger partial charge in [-0.25, -0.2) is 0 Å². The molecular weight excluding hydrogens is 331 g/mol. The lowest BCUT2D eigenvalue weighted by Crippen LogP contribution is -1.96. The molecule has 0 aliphatic heterocycles. The zero-order valence-electron chi connectivity index (χ0n) is 9.90. The molecule has 4 nitrogen and oxygen atoms in total. The number of ether oxygens (including phenoxy) is 2. The van der Waals surface area contributed by atoms with Gasteiger partial charge in [-0.05, 0) is 40.8 Å². The largest absolute Gasteiger partial charge is 0.492 e. The van der Waals surface area contributed by atoms with Crippen LogP contribution in [0.15, 0.2) is 24.4 Å². The first-order valence-electron chi connectivity index (χ1n) is 5.08. The molecule has 0 aliphatic rings. The summed E-state index contributed by atoms with van der Waals surface area (Å²) in [6.45, 7) is 0. The summed E-state index contributed by atoms with van der Waals surface area (Å²) in [6, 6.07) is 5.93. The van der Waals surface area contributed by atoms with E-state index < -0.39 is 0 Å². The van der Waals surface area contributed by atoms with Gasteiger partial charge in [-0.2, -0.15) is 5.10 Å². The fraction of sp³-hybridized carbons (Fsp3) is 0.250. The quantitative estimate of drug-likeness (QED) is 0.804. The van der Waals surface area contributed by atoms with E-state index in [1.54, 1.807) is 18.9 Å². The highest BCUT2D eigenvalue weighted by Gasteiger charge is 2.16. The van der Waals surface area contributed by atoms with Crippen LogP contribution in [0.5, 0.6) is 11.5 Å². The lowest BCUT2D eigenvalue weighted by Gasteiger charge is -2.12. The minimum atomic E-state index is 0.720. The number of hydrogen-bond acceptors (Lipinski definition) is 3. The van der Waals surface area contributed by atoms with Gasteiger partial charge in [0.15, 0.2) is 11.5 Å². The van der Waals surface area contributed by atoms with Crippen molar-refractivity contribution in [1.82, 2.24) is 9.78 Å². The standard InChI is InChI=1S/C12H13IN2O2/c1-15-7-6-10(14-15)8-4-5-9(13)12(17-3)11(8)16-2/h4-7H,1-3H3. The Labute approximate surface area is 114 Å². The monoisotopic (exact) mass is 344 g/mol. The highest BCUT2D eigenvalue weighted by Crippen LogP contribution is 2.40. The molecule has 0 spiro atoms. The maximum atomic E-state index is 5.43. The molecule has 0 radical (unpaired) electrons. The van der Waals surface area contributed by atoms with Gasteiger partial charge in [0.1, 0.15) is 0 Å². The number of hydrogen-bond donors (Lipinski definition) is 0. The number of methoxy groups -OCH3 is 2. The predicted octanol–water partition coefficient (Wildman–Crippen LogP) is 2.71. The van der Waals surface area contributed by atoms with Crippen molar-refractivity contribution in [2.24, 2.45) is 7.05 Å². The molecular formula is C12H13IN2O2. The van der Waals surface area contributed by atoms with E-state index in [1.165, 1.54) is 0 Å². The first-order chi connectivity index (χ1) is 8.17. The smallest absolute Gasteiger partial charge is 0.174 e. The third kappa shape index (κ3) is 2.24. The van der Waals surface area contributed by atoms with Crippen molar-refractivity contribution in [1.29, 1.82) is 0 Å². The Hall–Kier alpha value is -1.24. The summed E-state index contributed by atoms with van der Waals surface area (Å²) in [5.74, 6) is 1.47. The number of rotatable bonds is 3. The highest BCUT2D eigenvalue weighted by atomic mass is 127. The summed E-state index contributed by atoms with van der Waals surface area (Å²) >= 11 is 2.22. The minimum Gasteiger partial charge on any atom is -0.492 e. The summed E-state index contributed by atoms with van der Waals surface area (Å²) in [5, 5.41) is 4.37. The fourth-order valence-corrected chi connectivity index (χ4v) is 2.34. The normalized spacial score (nSPS) is 10.4. The van der Waals surface area contributed by atoms with Crippen LogP contribution in [-0.4, -0.2) is 24.0 Å². The van der Waals surface area contributed by atoms with E-state index in [9.17, 15) is 0 Å². The van der Waals surface area contributed by atoms with Crippen LogP contribution < -0.4 is 9.47 Å². The maximum absolute atomic E-state index is 5.43. The van der Waals surface area contributed by atoms with Gasteiger partial charge >= 0.3 is 0 Å². The van der Waals surface area contributed by atoms with E-state index in [0.29, 0.717) is 0 Å². The summed E-state index contributed by atoms with van der Waals surface area (Å²) in [7, 11) is 5.17. The van der Waals surface area contributed by atoms with E-state index in [1.807, 2.05) is 31.4 Å². The molecule has 0 fully saturated rings. The lowest BCUT2D eigenvalue weighted by atomic mass is 10.1. The Morgan fingerprint density at radius 1 is 1.12 bits per heavy atom. The van der Waals surface area contributed by atoms with Gasteiger partial charge in [0.2, 0.25) is 0 Å². The molecule has 0 saturated heterocycles. The van der Waals surface area contributed by atoms with Crippen molar-refractivity contribution in [2.45, 2.75) is 0 Å². The van der Waals surface area contributed by atoms with Gasteiger partial charge in [0.25, 0.3) is 0 Å². The first-order valence-corrected chi connectivity index (χ1v) is 6.15. The molecule has 90 valence electrons. The SMILES string of the molecule is COc1c(I)ccc(-c2ccn(C)n2)c1OC. The van der Waals surface area contributed by atoms with Gasteiger partial charge in [0, 0.05) is 18.8 Å². The van der Waals surface area contributed by atoms with Crippen LogP contribution in [0.4, 0.5) is 0 Å². The number of halogens is 1. The number of aryl methyl sites for hydroxylation is 1. The van der Waals surface area contributed by atoms with Crippen LogP contribution in [0.1, 0.15) is 0 Å². The fourth-order valence-electron chi connectivity index (χ4n) is 1.69. The van der Waals surface area contributed by atoms with Gasteiger partial charge < -0.3 is 9.47 Å². The molecule has 1 aromatic heterocycles. The van der Waals surface area contributed by atoms with Crippen LogP contribution in [0.25, 0.3) is 11.3 Å².